The number of amides is 1. The molecule has 5 nitrogen and oxygen atoms in total. The summed E-state index contributed by atoms with van der Waals surface area (Å²) in [6.45, 7) is 5.94. The molecule has 2 aliphatic rings. The molecule has 3 heterocycles. The van der Waals surface area contributed by atoms with Crippen molar-refractivity contribution in [3.8, 4) is 0 Å². The maximum atomic E-state index is 12.4. The Morgan fingerprint density at radius 3 is 3.10 bits per heavy atom. The van der Waals surface area contributed by atoms with Gasteiger partial charge in [0.2, 0.25) is 5.91 Å². The van der Waals surface area contributed by atoms with Crippen LogP contribution in [0.25, 0.3) is 0 Å². The van der Waals surface area contributed by atoms with Gasteiger partial charge in [-0.1, -0.05) is 0 Å². The summed E-state index contributed by atoms with van der Waals surface area (Å²) in [5, 5.41) is 2.10. The Labute approximate surface area is 123 Å². The fourth-order valence-electron chi connectivity index (χ4n) is 2.88. The van der Waals surface area contributed by atoms with Crippen LogP contribution in [0.15, 0.2) is 10.9 Å². The number of rotatable bonds is 3. The van der Waals surface area contributed by atoms with Crippen molar-refractivity contribution >= 4 is 17.2 Å². The van der Waals surface area contributed by atoms with Gasteiger partial charge in [-0.25, -0.2) is 4.98 Å². The van der Waals surface area contributed by atoms with Crippen molar-refractivity contribution in [1.29, 1.82) is 0 Å². The van der Waals surface area contributed by atoms with Gasteiger partial charge in [0, 0.05) is 44.7 Å². The van der Waals surface area contributed by atoms with Gasteiger partial charge >= 0.3 is 0 Å². The average Bonchev–Trinajstić information content (AvgIpc) is 3.10. The lowest BCUT2D eigenvalue weighted by Gasteiger charge is -2.23. The van der Waals surface area contributed by atoms with Gasteiger partial charge in [0.1, 0.15) is 0 Å². The number of aromatic nitrogens is 1. The minimum atomic E-state index is 0.0973. The first kappa shape index (κ1) is 14.0. The van der Waals surface area contributed by atoms with Gasteiger partial charge in [-0.2, -0.15) is 0 Å². The van der Waals surface area contributed by atoms with Gasteiger partial charge in [-0.15, -0.1) is 11.3 Å². The van der Waals surface area contributed by atoms with E-state index in [1.165, 1.54) is 0 Å². The van der Waals surface area contributed by atoms with Gasteiger partial charge in [0.05, 0.1) is 23.7 Å². The standard InChI is InChI=1S/C14H21N3O2S/c18-14(12-2-7-19-9-12)17-4-1-3-16(5-6-17)8-13-10-20-11-15-13/h10-12H,1-9H2/t12-/m0/s1. The van der Waals surface area contributed by atoms with Crippen LogP contribution in [0.1, 0.15) is 18.5 Å². The number of carbonyl (C=O) groups is 1. The normalized spacial score (nSPS) is 24.8. The Hall–Kier alpha value is -0.980. The summed E-state index contributed by atoms with van der Waals surface area (Å²) in [5.74, 6) is 0.387. The molecule has 1 atom stereocenters. The van der Waals surface area contributed by atoms with Crippen molar-refractivity contribution in [3.63, 3.8) is 0 Å². The molecule has 0 unspecified atom stereocenters. The van der Waals surface area contributed by atoms with Crippen LogP contribution < -0.4 is 0 Å². The quantitative estimate of drug-likeness (QED) is 0.841. The van der Waals surface area contributed by atoms with Crippen molar-refractivity contribution in [2.45, 2.75) is 19.4 Å². The van der Waals surface area contributed by atoms with E-state index in [1.54, 1.807) is 11.3 Å². The van der Waals surface area contributed by atoms with Crippen LogP contribution in [0.4, 0.5) is 0 Å². The molecule has 0 N–H and O–H groups in total. The first-order valence-electron chi connectivity index (χ1n) is 7.29. The fraction of sp³-hybridized carbons (Fsp3) is 0.714. The summed E-state index contributed by atoms with van der Waals surface area (Å²) in [6, 6.07) is 0. The lowest BCUT2D eigenvalue weighted by molar-refractivity contribution is -0.135. The molecule has 2 aliphatic heterocycles. The molecule has 2 fully saturated rings. The number of carbonyl (C=O) groups excluding carboxylic acids is 1. The molecule has 0 bridgehead atoms. The molecule has 0 aromatic carbocycles. The Morgan fingerprint density at radius 1 is 1.40 bits per heavy atom. The lowest BCUT2D eigenvalue weighted by atomic mass is 10.1. The predicted octanol–water partition coefficient (Wildman–Crippen LogP) is 1.21. The van der Waals surface area contributed by atoms with Crippen LogP contribution in [0.5, 0.6) is 0 Å². The van der Waals surface area contributed by atoms with Crippen molar-refractivity contribution in [3.05, 3.63) is 16.6 Å². The van der Waals surface area contributed by atoms with E-state index >= 15 is 0 Å². The van der Waals surface area contributed by atoms with Crippen molar-refractivity contribution < 1.29 is 9.53 Å². The third kappa shape index (κ3) is 3.37. The Bertz CT molecular complexity index is 432. The second kappa shape index (κ2) is 6.65. The molecule has 20 heavy (non-hydrogen) atoms. The van der Waals surface area contributed by atoms with Crippen molar-refractivity contribution in [1.82, 2.24) is 14.8 Å². The minimum absolute atomic E-state index is 0.0973. The maximum absolute atomic E-state index is 12.4. The van der Waals surface area contributed by atoms with E-state index in [9.17, 15) is 4.79 Å². The van der Waals surface area contributed by atoms with Gasteiger partial charge in [0.15, 0.2) is 0 Å². The zero-order valence-corrected chi connectivity index (χ0v) is 12.5. The van der Waals surface area contributed by atoms with Crippen LogP contribution in [0, 0.1) is 5.92 Å². The summed E-state index contributed by atoms with van der Waals surface area (Å²) in [6.07, 6.45) is 1.93. The summed E-state index contributed by atoms with van der Waals surface area (Å²) in [4.78, 5) is 21.2. The second-order valence-corrected chi connectivity index (χ2v) is 6.21. The van der Waals surface area contributed by atoms with Crippen LogP contribution in [-0.2, 0) is 16.1 Å². The third-order valence-electron chi connectivity index (χ3n) is 4.05. The molecule has 0 spiro atoms. The molecule has 6 heteroatoms. The molecule has 1 aromatic rings. The van der Waals surface area contributed by atoms with E-state index in [1.807, 2.05) is 10.4 Å². The minimum Gasteiger partial charge on any atom is -0.381 e. The van der Waals surface area contributed by atoms with E-state index in [2.05, 4.69) is 15.3 Å². The highest BCUT2D eigenvalue weighted by Crippen LogP contribution is 2.17. The summed E-state index contributed by atoms with van der Waals surface area (Å²) >= 11 is 1.64. The first-order valence-corrected chi connectivity index (χ1v) is 8.23. The SMILES string of the molecule is O=C([C@H]1CCOC1)N1CCCN(Cc2cscn2)CC1. The Kier molecular flexibility index (Phi) is 4.65. The Morgan fingerprint density at radius 2 is 2.35 bits per heavy atom. The highest BCUT2D eigenvalue weighted by Gasteiger charge is 2.29. The number of nitrogens with zero attached hydrogens (tertiary/aromatic N) is 3. The molecule has 1 aromatic heterocycles. The second-order valence-electron chi connectivity index (χ2n) is 5.50. The first-order chi connectivity index (χ1) is 9.83. The molecule has 0 aliphatic carbocycles. The van der Waals surface area contributed by atoms with Crippen molar-refractivity contribution in [2.75, 3.05) is 39.4 Å². The summed E-state index contributed by atoms with van der Waals surface area (Å²) in [5.41, 5.74) is 3.02. The van der Waals surface area contributed by atoms with E-state index < -0.39 is 0 Å². The molecule has 0 radical (unpaired) electrons. The zero-order valence-electron chi connectivity index (χ0n) is 11.7. The van der Waals surface area contributed by atoms with Crippen LogP contribution >= 0.6 is 11.3 Å². The molecule has 3 rings (SSSR count). The van der Waals surface area contributed by atoms with Gasteiger partial charge in [-0.3, -0.25) is 9.69 Å². The van der Waals surface area contributed by atoms with E-state index in [-0.39, 0.29) is 11.8 Å². The smallest absolute Gasteiger partial charge is 0.228 e. The largest absolute Gasteiger partial charge is 0.381 e. The Balaban J connectivity index is 1.52. The zero-order chi connectivity index (χ0) is 13.8. The number of thiazole rings is 1. The van der Waals surface area contributed by atoms with Crippen LogP contribution in [0.3, 0.4) is 0 Å². The highest BCUT2D eigenvalue weighted by atomic mass is 32.1. The van der Waals surface area contributed by atoms with E-state index in [0.717, 1.165) is 57.9 Å². The van der Waals surface area contributed by atoms with Gasteiger partial charge in [0.25, 0.3) is 0 Å². The van der Waals surface area contributed by atoms with Gasteiger partial charge in [-0.05, 0) is 12.8 Å². The predicted molar refractivity (Wildman–Crippen MR) is 77.5 cm³/mol. The lowest BCUT2D eigenvalue weighted by Crippen LogP contribution is -2.39. The maximum Gasteiger partial charge on any atom is 0.228 e. The van der Waals surface area contributed by atoms with E-state index in [0.29, 0.717) is 6.61 Å². The van der Waals surface area contributed by atoms with Crippen LogP contribution in [0.2, 0.25) is 0 Å². The average molecular weight is 295 g/mol. The fourth-order valence-corrected chi connectivity index (χ4v) is 3.43. The van der Waals surface area contributed by atoms with Gasteiger partial charge < -0.3 is 9.64 Å². The number of ether oxygens (including phenoxy) is 1. The number of hydrogen-bond donors (Lipinski definition) is 0. The molecule has 1 amide bonds. The van der Waals surface area contributed by atoms with Crippen molar-refractivity contribution in [2.24, 2.45) is 5.92 Å². The molecule has 2 saturated heterocycles. The van der Waals surface area contributed by atoms with Crippen LogP contribution in [-0.4, -0.2) is 60.1 Å². The molecular weight excluding hydrogens is 274 g/mol. The topological polar surface area (TPSA) is 45.7 Å². The number of hydrogen-bond acceptors (Lipinski definition) is 5. The monoisotopic (exact) mass is 295 g/mol. The molecule has 110 valence electrons. The molecule has 0 saturated carbocycles. The molecular formula is C14H21N3O2S. The highest BCUT2D eigenvalue weighted by molar-refractivity contribution is 7.07. The summed E-state index contributed by atoms with van der Waals surface area (Å²) in [7, 11) is 0. The summed E-state index contributed by atoms with van der Waals surface area (Å²) < 4.78 is 5.33. The van der Waals surface area contributed by atoms with E-state index in [4.69, 9.17) is 4.74 Å². The third-order valence-corrected chi connectivity index (χ3v) is 4.68.